The number of fused-ring (bicyclic) bond motifs is 2. The quantitative estimate of drug-likeness (QED) is 0.205. The Balaban J connectivity index is 1.60. The molecule has 1 aromatic heterocycles. The van der Waals surface area contributed by atoms with Crippen LogP contribution in [0.3, 0.4) is 0 Å². The minimum Gasteiger partial charge on any atom is -0.480 e. The number of alkyl halides is 3. The summed E-state index contributed by atoms with van der Waals surface area (Å²) in [6, 6.07) is 20.8. The van der Waals surface area contributed by atoms with Crippen molar-refractivity contribution in [1.82, 2.24) is 14.5 Å². The van der Waals surface area contributed by atoms with Crippen LogP contribution in [0.5, 0.6) is 11.6 Å². The van der Waals surface area contributed by atoms with E-state index in [2.05, 4.69) is 15.0 Å². The van der Waals surface area contributed by atoms with E-state index >= 15 is 0 Å². The number of ether oxygens (including phenoxy) is 3. The van der Waals surface area contributed by atoms with Gasteiger partial charge in [0.1, 0.15) is 5.69 Å². The van der Waals surface area contributed by atoms with Gasteiger partial charge in [-0.1, -0.05) is 24.3 Å². The molecule has 2 aromatic carbocycles. The first-order valence-corrected chi connectivity index (χ1v) is 14.0. The van der Waals surface area contributed by atoms with E-state index in [0.29, 0.717) is 45.0 Å². The minimum atomic E-state index is -4.86. The predicted molar refractivity (Wildman–Crippen MR) is 157 cm³/mol. The van der Waals surface area contributed by atoms with Crippen molar-refractivity contribution in [2.24, 2.45) is 4.99 Å². The van der Waals surface area contributed by atoms with Gasteiger partial charge < -0.3 is 24.1 Å². The van der Waals surface area contributed by atoms with Crippen LogP contribution in [-0.4, -0.2) is 47.3 Å². The Morgan fingerprint density at radius 1 is 0.907 bits per heavy atom. The van der Waals surface area contributed by atoms with Crippen molar-refractivity contribution in [1.29, 1.82) is 0 Å². The molecule has 8 nitrogen and oxygen atoms in total. The Morgan fingerprint density at radius 3 is 2.44 bits per heavy atom. The normalized spacial score (nSPS) is 17.7. The highest BCUT2D eigenvalue weighted by Gasteiger charge is 2.33. The summed E-state index contributed by atoms with van der Waals surface area (Å²) in [6.07, 6.45) is 0.479. The number of hydrogen-bond donors (Lipinski definition) is 1. The summed E-state index contributed by atoms with van der Waals surface area (Å²) in [5.74, 6) is 0.0882. The smallest absolute Gasteiger partial charge is 0.480 e. The van der Waals surface area contributed by atoms with E-state index in [1.54, 1.807) is 43.2 Å². The molecule has 6 rings (SSSR count). The van der Waals surface area contributed by atoms with Gasteiger partial charge in [-0.15, -0.1) is 13.2 Å². The van der Waals surface area contributed by atoms with Gasteiger partial charge in [-0.2, -0.15) is 0 Å². The second-order valence-electron chi connectivity index (χ2n) is 10.3. The fourth-order valence-electron chi connectivity index (χ4n) is 5.56. The maximum atomic E-state index is 13.5. The summed E-state index contributed by atoms with van der Waals surface area (Å²) in [7, 11) is 3.27. The number of nitrogens with zero attached hydrogens (tertiary/aromatic N) is 4. The molecule has 3 aliphatic rings. The van der Waals surface area contributed by atoms with Crippen LogP contribution in [0.1, 0.15) is 25.7 Å². The van der Waals surface area contributed by atoms with Crippen LogP contribution in [0.25, 0.3) is 28.1 Å². The predicted octanol–water partition coefficient (Wildman–Crippen LogP) is 7.03. The lowest BCUT2D eigenvalue weighted by atomic mass is 9.93. The van der Waals surface area contributed by atoms with E-state index in [4.69, 9.17) is 19.5 Å². The van der Waals surface area contributed by atoms with E-state index in [-0.39, 0.29) is 23.6 Å². The van der Waals surface area contributed by atoms with Gasteiger partial charge in [0.2, 0.25) is 5.88 Å². The molecular weight excluding hydrogens is 559 g/mol. The van der Waals surface area contributed by atoms with Gasteiger partial charge in [-0.25, -0.2) is 9.97 Å². The number of nitrogens with one attached hydrogen (secondary N) is 1. The second kappa shape index (κ2) is 11.9. The maximum absolute atomic E-state index is 13.5. The molecule has 2 heterocycles. The Kier molecular flexibility index (Phi) is 7.90. The van der Waals surface area contributed by atoms with Gasteiger partial charge in [0, 0.05) is 13.3 Å². The average Bonchev–Trinajstić information content (AvgIpc) is 3.00. The zero-order chi connectivity index (χ0) is 30.0. The van der Waals surface area contributed by atoms with Crippen LogP contribution >= 0.6 is 0 Å². The highest BCUT2D eigenvalue weighted by molar-refractivity contribution is 5.85. The first kappa shape index (κ1) is 28.5. The molecule has 0 bridgehead atoms. The highest BCUT2D eigenvalue weighted by Crippen LogP contribution is 2.36. The summed E-state index contributed by atoms with van der Waals surface area (Å²) in [5.41, 5.74) is 3.88. The van der Waals surface area contributed by atoms with Gasteiger partial charge in [0.15, 0.2) is 5.75 Å². The Labute approximate surface area is 246 Å². The van der Waals surface area contributed by atoms with Crippen LogP contribution in [0.4, 0.5) is 24.5 Å². The summed E-state index contributed by atoms with van der Waals surface area (Å²) in [4.78, 5) is 14.3. The molecule has 222 valence electrons. The summed E-state index contributed by atoms with van der Waals surface area (Å²) in [6.45, 7) is 0. The summed E-state index contributed by atoms with van der Waals surface area (Å²) < 4.78 is 57.7. The molecule has 11 heteroatoms. The lowest BCUT2D eigenvalue weighted by molar-refractivity contribution is -0.274. The standard InChI is InChI=1S/C32H30F3N5O3/c1-41-21-15-13-20(14-16-21)37-25-19-29-26(18-24(25)39-23-9-7-17-36-31(23)42-2)38-22-8-3-4-10-27(22)40(29)28-11-5-6-12-30(28)43-32(33,34)35/h3-12,17-21,39H,13-16H2,1-2H3/b37-25+. The van der Waals surface area contributed by atoms with Crippen molar-refractivity contribution in [3.05, 3.63) is 84.4 Å². The van der Waals surface area contributed by atoms with E-state index in [9.17, 15) is 13.2 Å². The number of hydrogen-bond acceptors (Lipinski definition) is 7. The molecule has 1 N–H and O–H groups in total. The van der Waals surface area contributed by atoms with Gasteiger partial charge in [-0.3, -0.25) is 4.99 Å². The number of rotatable bonds is 7. The molecule has 0 amide bonds. The molecule has 2 aliphatic carbocycles. The number of pyridine rings is 1. The first-order chi connectivity index (χ1) is 20.8. The molecular formula is C32H30F3N5O3. The number of benzene rings is 3. The molecule has 0 spiro atoms. The van der Waals surface area contributed by atoms with Gasteiger partial charge >= 0.3 is 6.36 Å². The molecule has 0 radical (unpaired) electrons. The van der Waals surface area contributed by atoms with Gasteiger partial charge in [-0.05, 0) is 74.2 Å². The fraction of sp³-hybridized carbons (Fsp3) is 0.281. The van der Waals surface area contributed by atoms with Crippen LogP contribution in [-0.2, 0) is 4.74 Å². The highest BCUT2D eigenvalue weighted by atomic mass is 19.4. The largest absolute Gasteiger partial charge is 0.573 e. The maximum Gasteiger partial charge on any atom is 0.573 e. The monoisotopic (exact) mass is 589 g/mol. The first-order valence-electron chi connectivity index (χ1n) is 14.0. The van der Waals surface area contributed by atoms with E-state index < -0.39 is 6.36 Å². The van der Waals surface area contributed by atoms with Crippen molar-refractivity contribution >= 4 is 22.4 Å². The Hall–Kier alpha value is -4.64. The lowest BCUT2D eigenvalue weighted by Crippen LogP contribution is -2.25. The third-order valence-electron chi connectivity index (χ3n) is 7.56. The van der Waals surface area contributed by atoms with Crippen LogP contribution in [0, 0.1) is 0 Å². The SMILES string of the molecule is COc1ncccc1Nc1cc2nc3ccccc3n(-c3ccccc3OC(F)(F)F)c-2c/c1=N\C1CCC(OC)CC1. The van der Waals surface area contributed by atoms with Crippen LogP contribution in [0.15, 0.2) is 84.0 Å². The van der Waals surface area contributed by atoms with Crippen molar-refractivity contribution in [2.75, 3.05) is 19.5 Å². The summed E-state index contributed by atoms with van der Waals surface area (Å²) in [5, 5.41) is 4.05. The number of halogens is 3. The molecule has 1 saturated carbocycles. The molecule has 0 atom stereocenters. The van der Waals surface area contributed by atoms with Crippen molar-refractivity contribution < 1.29 is 27.4 Å². The van der Waals surface area contributed by atoms with Crippen LogP contribution in [0.2, 0.25) is 0 Å². The van der Waals surface area contributed by atoms with E-state index in [0.717, 1.165) is 25.7 Å². The van der Waals surface area contributed by atoms with Crippen molar-refractivity contribution in [3.63, 3.8) is 0 Å². The Bertz CT molecular complexity index is 1780. The van der Waals surface area contributed by atoms with Gasteiger partial charge in [0.25, 0.3) is 0 Å². The summed E-state index contributed by atoms with van der Waals surface area (Å²) >= 11 is 0. The van der Waals surface area contributed by atoms with Crippen LogP contribution < -0.4 is 20.1 Å². The number of para-hydroxylation sites is 4. The Morgan fingerprint density at radius 2 is 1.67 bits per heavy atom. The average molecular weight is 590 g/mol. The lowest BCUT2D eigenvalue weighted by Gasteiger charge is -2.25. The number of anilines is 2. The zero-order valence-corrected chi connectivity index (χ0v) is 23.6. The third kappa shape index (κ3) is 6.12. The molecule has 0 saturated heterocycles. The fourth-order valence-corrected chi connectivity index (χ4v) is 5.56. The number of aromatic nitrogens is 3. The second-order valence-corrected chi connectivity index (χ2v) is 10.3. The van der Waals surface area contributed by atoms with Crippen molar-refractivity contribution in [2.45, 2.75) is 44.2 Å². The molecule has 3 aromatic rings. The minimum absolute atomic E-state index is 0.0444. The van der Waals surface area contributed by atoms with Crippen molar-refractivity contribution in [3.8, 4) is 28.7 Å². The third-order valence-corrected chi connectivity index (χ3v) is 7.56. The van der Waals surface area contributed by atoms with E-state index in [1.165, 1.54) is 12.1 Å². The molecule has 0 unspecified atom stereocenters. The molecule has 43 heavy (non-hydrogen) atoms. The van der Waals surface area contributed by atoms with E-state index in [1.807, 2.05) is 42.5 Å². The van der Waals surface area contributed by atoms with Gasteiger partial charge in [0.05, 0.1) is 58.4 Å². The zero-order valence-electron chi connectivity index (χ0n) is 23.6. The number of methoxy groups -OCH3 is 2. The molecule has 1 aliphatic heterocycles. The molecule has 1 fully saturated rings. The topological polar surface area (TPSA) is 82.8 Å².